The van der Waals surface area contributed by atoms with Crippen molar-refractivity contribution in [1.82, 2.24) is 5.32 Å². The highest BCUT2D eigenvalue weighted by molar-refractivity contribution is 5.27. The van der Waals surface area contributed by atoms with Crippen molar-refractivity contribution in [3.63, 3.8) is 0 Å². The first-order valence-corrected chi connectivity index (χ1v) is 7.53. The molecule has 1 aliphatic rings. The van der Waals surface area contributed by atoms with E-state index in [0.29, 0.717) is 6.61 Å². The molecule has 0 saturated heterocycles. The lowest BCUT2D eigenvalue weighted by atomic mass is 10.1. The van der Waals surface area contributed by atoms with Crippen molar-refractivity contribution in [2.45, 2.75) is 50.8 Å². The third-order valence-electron chi connectivity index (χ3n) is 3.84. The van der Waals surface area contributed by atoms with E-state index in [1.54, 1.807) is 6.08 Å². The van der Waals surface area contributed by atoms with E-state index in [-0.39, 0.29) is 12.1 Å². The van der Waals surface area contributed by atoms with Gasteiger partial charge in [-0.3, -0.25) is 0 Å². The van der Waals surface area contributed by atoms with Crippen LogP contribution in [-0.4, -0.2) is 23.9 Å². The number of nitrogens with one attached hydrogen (secondary N) is 1. The molecule has 2 atom stereocenters. The molecule has 3 heteroatoms. The SMILES string of the molecule is C=CCOc1ccc(CNC2CCCCCC2O)cc1. The molecule has 1 fully saturated rings. The highest BCUT2D eigenvalue weighted by Crippen LogP contribution is 2.19. The van der Waals surface area contributed by atoms with E-state index in [4.69, 9.17) is 4.74 Å². The van der Waals surface area contributed by atoms with Crippen LogP contribution in [0.25, 0.3) is 0 Å². The molecule has 2 unspecified atom stereocenters. The summed E-state index contributed by atoms with van der Waals surface area (Å²) < 4.78 is 5.46. The number of aliphatic hydroxyl groups is 1. The van der Waals surface area contributed by atoms with E-state index in [9.17, 15) is 5.11 Å². The molecule has 1 saturated carbocycles. The number of hydrogen-bond acceptors (Lipinski definition) is 3. The van der Waals surface area contributed by atoms with E-state index in [2.05, 4.69) is 24.0 Å². The van der Waals surface area contributed by atoms with Crippen molar-refractivity contribution in [2.75, 3.05) is 6.61 Å². The van der Waals surface area contributed by atoms with Crippen LogP contribution in [0, 0.1) is 0 Å². The van der Waals surface area contributed by atoms with Crippen molar-refractivity contribution in [3.8, 4) is 5.75 Å². The van der Waals surface area contributed by atoms with Gasteiger partial charge in [-0.15, -0.1) is 0 Å². The number of rotatable bonds is 6. The summed E-state index contributed by atoms with van der Waals surface area (Å²) in [5.74, 6) is 0.864. The predicted octanol–water partition coefficient (Wildman–Crippen LogP) is 3.03. The first-order valence-electron chi connectivity index (χ1n) is 7.53. The molecule has 1 aliphatic carbocycles. The third-order valence-corrected chi connectivity index (χ3v) is 3.84. The molecule has 0 amide bonds. The van der Waals surface area contributed by atoms with Crippen LogP contribution in [0.5, 0.6) is 5.75 Å². The van der Waals surface area contributed by atoms with Gasteiger partial charge in [0.2, 0.25) is 0 Å². The van der Waals surface area contributed by atoms with Gasteiger partial charge in [-0.1, -0.05) is 44.1 Å². The Balaban J connectivity index is 1.82. The van der Waals surface area contributed by atoms with Crippen LogP contribution in [0.15, 0.2) is 36.9 Å². The molecule has 20 heavy (non-hydrogen) atoms. The van der Waals surface area contributed by atoms with Gasteiger partial charge in [0.25, 0.3) is 0 Å². The minimum absolute atomic E-state index is 0.201. The second-order valence-electron chi connectivity index (χ2n) is 5.44. The normalized spacial score (nSPS) is 23.1. The summed E-state index contributed by atoms with van der Waals surface area (Å²) in [4.78, 5) is 0. The van der Waals surface area contributed by atoms with Crippen LogP contribution < -0.4 is 10.1 Å². The largest absolute Gasteiger partial charge is 0.490 e. The van der Waals surface area contributed by atoms with Gasteiger partial charge in [0.1, 0.15) is 12.4 Å². The zero-order valence-corrected chi connectivity index (χ0v) is 12.1. The Hall–Kier alpha value is -1.32. The quantitative estimate of drug-likeness (QED) is 0.619. The van der Waals surface area contributed by atoms with Crippen LogP contribution in [0.1, 0.15) is 37.7 Å². The maximum absolute atomic E-state index is 10.1. The monoisotopic (exact) mass is 275 g/mol. The number of benzene rings is 1. The number of ether oxygens (including phenoxy) is 1. The smallest absolute Gasteiger partial charge is 0.119 e. The first-order chi connectivity index (χ1) is 9.79. The second kappa shape index (κ2) is 8.08. The maximum Gasteiger partial charge on any atom is 0.119 e. The van der Waals surface area contributed by atoms with E-state index in [1.165, 1.54) is 18.4 Å². The molecule has 1 aromatic rings. The van der Waals surface area contributed by atoms with Crippen LogP contribution in [0.3, 0.4) is 0 Å². The van der Waals surface area contributed by atoms with Crippen LogP contribution in [0.2, 0.25) is 0 Å². The molecule has 0 heterocycles. The average Bonchev–Trinajstić information content (AvgIpc) is 2.68. The topological polar surface area (TPSA) is 41.5 Å². The molecule has 0 radical (unpaired) electrons. The fourth-order valence-electron chi connectivity index (χ4n) is 2.63. The summed E-state index contributed by atoms with van der Waals surface area (Å²) >= 11 is 0. The van der Waals surface area contributed by atoms with E-state index in [0.717, 1.165) is 31.6 Å². The fraction of sp³-hybridized carbons (Fsp3) is 0.529. The van der Waals surface area contributed by atoms with Gasteiger partial charge in [0.05, 0.1) is 6.10 Å². The first kappa shape index (κ1) is 15.1. The number of aliphatic hydroxyl groups excluding tert-OH is 1. The molecule has 3 nitrogen and oxygen atoms in total. The van der Waals surface area contributed by atoms with Gasteiger partial charge in [-0.2, -0.15) is 0 Å². The molecule has 0 aromatic heterocycles. The predicted molar refractivity (Wildman–Crippen MR) is 81.9 cm³/mol. The van der Waals surface area contributed by atoms with Crippen molar-refractivity contribution in [2.24, 2.45) is 0 Å². The lowest BCUT2D eigenvalue weighted by Gasteiger charge is -2.21. The van der Waals surface area contributed by atoms with Crippen molar-refractivity contribution >= 4 is 0 Å². The maximum atomic E-state index is 10.1. The Morgan fingerprint density at radius 1 is 1.20 bits per heavy atom. The highest BCUT2D eigenvalue weighted by atomic mass is 16.5. The van der Waals surface area contributed by atoms with Gasteiger partial charge in [0.15, 0.2) is 0 Å². The molecular formula is C17H25NO2. The zero-order chi connectivity index (χ0) is 14.2. The highest BCUT2D eigenvalue weighted by Gasteiger charge is 2.20. The van der Waals surface area contributed by atoms with E-state index >= 15 is 0 Å². The van der Waals surface area contributed by atoms with Crippen LogP contribution in [-0.2, 0) is 6.54 Å². The van der Waals surface area contributed by atoms with Gasteiger partial charge in [0, 0.05) is 12.6 Å². The lowest BCUT2D eigenvalue weighted by molar-refractivity contribution is 0.119. The summed E-state index contributed by atoms with van der Waals surface area (Å²) in [5.41, 5.74) is 1.22. The van der Waals surface area contributed by atoms with E-state index < -0.39 is 0 Å². The van der Waals surface area contributed by atoms with Crippen molar-refractivity contribution in [3.05, 3.63) is 42.5 Å². The van der Waals surface area contributed by atoms with Gasteiger partial charge in [-0.05, 0) is 30.5 Å². The molecule has 0 aliphatic heterocycles. The Bertz CT molecular complexity index is 402. The fourth-order valence-corrected chi connectivity index (χ4v) is 2.63. The average molecular weight is 275 g/mol. The number of hydrogen-bond donors (Lipinski definition) is 2. The molecular weight excluding hydrogens is 250 g/mol. The standard InChI is InChI=1S/C17H25NO2/c1-2-12-20-15-10-8-14(9-11-15)13-18-16-6-4-3-5-7-17(16)19/h2,8-11,16-19H,1,3-7,12-13H2. The minimum atomic E-state index is -0.201. The Kier molecular flexibility index (Phi) is 6.09. The Morgan fingerprint density at radius 3 is 2.70 bits per heavy atom. The Labute approximate surface area is 121 Å². The molecule has 2 N–H and O–H groups in total. The second-order valence-corrected chi connectivity index (χ2v) is 5.44. The van der Waals surface area contributed by atoms with Gasteiger partial charge >= 0.3 is 0 Å². The summed E-state index contributed by atoms with van der Waals surface area (Å²) in [6, 6.07) is 8.31. The van der Waals surface area contributed by atoms with Gasteiger partial charge in [-0.25, -0.2) is 0 Å². The Morgan fingerprint density at radius 2 is 1.95 bits per heavy atom. The summed E-state index contributed by atoms with van der Waals surface area (Å²) in [5, 5.41) is 13.6. The molecule has 1 aromatic carbocycles. The van der Waals surface area contributed by atoms with Gasteiger partial charge < -0.3 is 15.2 Å². The lowest BCUT2D eigenvalue weighted by Crippen LogP contribution is -2.38. The molecule has 110 valence electrons. The summed E-state index contributed by atoms with van der Waals surface area (Å²) in [7, 11) is 0. The molecule has 2 rings (SSSR count). The summed E-state index contributed by atoms with van der Waals surface area (Å²) in [6.07, 6.45) is 7.13. The summed E-state index contributed by atoms with van der Waals surface area (Å²) in [6.45, 7) is 4.96. The van der Waals surface area contributed by atoms with Crippen molar-refractivity contribution in [1.29, 1.82) is 0 Å². The van der Waals surface area contributed by atoms with Crippen LogP contribution in [0.4, 0.5) is 0 Å². The molecule has 0 spiro atoms. The van der Waals surface area contributed by atoms with Crippen molar-refractivity contribution < 1.29 is 9.84 Å². The zero-order valence-electron chi connectivity index (χ0n) is 12.1. The van der Waals surface area contributed by atoms with Crippen LogP contribution >= 0.6 is 0 Å². The minimum Gasteiger partial charge on any atom is -0.490 e. The van der Waals surface area contributed by atoms with E-state index in [1.807, 2.05) is 12.1 Å². The molecule has 0 bridgehead atoms. The third kappa shape index (κ3) is 4.66.